The number of hydrogen-bond acceptors (Lipinski definition) is 4. The number of primary sulfonamides is 1. The highest BCUT2D eigenvalue weighted by Gasteiger charge is 2.30. The van der Waals surface area contributed by atoms with Crippen molar-refractivity contribution in [3.05, 3.63) is 29.8 Å². The zero-order chi connectivity index (χ0) is 17.2. The summed E-state index contributed by atoms with van der Waals surface area (Å²) in [5, 5.41) is 7.71. The summed E-state index contributed by atoms with van der Waals surface area (Å²) in [6.07, 6.45) is 2.46. The van der Waals surface area contributed by atoms with Gasteiger partial charge in [-0.3, -0.25) is 0 Å². The van der Waals surface area contributed by atoms with Crippen LogP contribution in [-0.4, -0.2) is 44.3 Å². The van der Waals surface area contributed by atoms with Crippen LogP contribution in [0.4, 0.5) is 4.79 Å². The highest BCUT2D eigenvalue weighted by molar-refractivity contribution is 7.89. The minimum absolute atomic E-state index is 0.0906. The molecule has 3 rings (SSSR count). The van der Waals surface area contributed by atoms with Gasteiger partial charge < -0.3 is 15.0 Å². The number of carbonyl (C=O) groups is 1. The Morgan fingerprint density at radius 2 is 1.92 bits per heavy atom. The van der Waals surface area contributed by atoms with Crippen molar-refractivity contribution in [2.45, 2.75) is 37.0 Å². The Labute approximate surface area is 142 Å². The van der Waals surface area contributed by atoms with Gasteiger partial charge >= 0.3 is 6.03 Å². The van der Waals surface area contributed by atoms with Crippen LogP contribution in [0.5, 0.6) is 5.75 Å². The molecule has 24 heavy (non-hydrogen) atoms. The van der Waals surface area contributed by atoms with E-state index < -0.39 is 15.3 Å². The van der Waals surface area contributed by atoms with E-state index in [2.05, 4.69) is 5.32 Å². The van der Waals surface area contributed by atoms with Gasteiger partial charge in [-0.2, -0.15) is 0 Å². The molecule has 0 saturated carbocycles. The van der Waals surface area contributed by atoms with Crippen LogP contribution in [0.2, 0.25) is 0 Å². The van der Waals surface area contributed by atoms with Crippen LogP contribution in [0.15, 0.2) is 24.3 Å². The fraction of sp³-hybridized carbons (Fsp3) is 0.562. The standard InChI is InChI=1S/C16H23N3O4S/c17-24(21,22)12-7-9-19(10-8-12)16(20)18-14-5-3-11-23-15-6-2-1-4-13(14)15/h1-2,4,6,12,14H,3,5,7-11H2,(H,18,20)(H2,17,21,22). The molecule has 0 aliphatic carbocycles. The van der Waals surface area contributed by atoms with Crippen molar-refractivity contribution in [1.29, 1.82) is 0 Å². The summed E-state index contributed by atoms with van der Waals surface area (Å²) in [5.74, 6) is 0.813. The number of nitrogens with one attached hydrogen (secondary N) is 1. The molecule has 2 aliphatic heterocycles. The van der Waals surface area contributed by atoms with Crippen molar-refractivity contribution in [2.75, 3.05) is 19.7 Å². The third-order valence-electron chi connectivity index (χ3n) is 4.68. The summed E-state index contributed by atoms with van der Waals surface area (Å²) < 4.78 is 28.5. The molecule has 1 unspecified atom stereocenters. The molecule has 1 saturated heterocycles. The zero-order valence-corrected chi connectivity index (χ0v) is 14.3. The Balaban J connectivity index is 1.63. The number of piperidine rings is 1. The van der Waals surface area contributed by atoms with Crippen molar-refractivity contribution in [2.24, 2.45) is 5.14 Å². The van der Waals surface area contributed by atoms with Crippen LogP contribution in [0.1, 0.15) is 37.3 Å². The Hall–Kier alpha value is -1.80. The Bertz CT molecular complexity index is 699. The lowest BCUT2D eigenvalue weighted by molar-refractivity contribution is 0.182. The summed E-state index contributed by atoms with van der Waals surface area (Å²) in [6.45, 7) is 1.44. The quantitative estimate of drug-likeness (QED) is 0.838. The molecular formula is C16H23N3O4S. The lowest BCUT2D eigenvalue weighted by atomic mass is 10.0. The Morgan fingerprint density at radius 3 is 2.62 bits per heavy atom. The molecule has 1 aromatic rings. The van der Waals surface area contributed by atoms with E-state index in [0.29, 0.717) is 32.5 Å². The number of para-hydroxylation sites is 1. The molecule has 3 N–H and O–H groups in total. The van der Waals surface area contributed by atoms with Gasteiger partial charge in [0.25, 0.3) is 0 Å². The molecule has 0 aromatic heterocycles. The predicted molar refractivity (Wildman–Crippen MR) is 90.1 cm³/mol. The fourth-order valence-electron chi connectivity index (χ4n) is 3.30. The lowest BCUT2D eigenvalue weighted by Gasteiger charge is -2.32. The number of sulfonamides is 1. The second kappa shape index (κ2) is 6.98. The van der Waals surface area contributed by atoms with Crippen molar-refractivity contribution in [3.63, 3.8) is 0 Å². The lowest BCUT2D eigenvalue weighted by Crippen LogP contribution is -2.48. The molecule has 132 valence electrons. The average molecular weight is 353 g/mol. The third-order valence-corrected chi connectivity index (χ3v) is 6.08. The number of ether oxygens (including phenoxy) is 1. The molecule has 0 radical (unpaired) electrons. The predicted octanol–water partition coefficient (Wildman–Crippen LogP) is 1.36. The first-order valence-corrected chi connectivity index (χ1v) is 9.85. The van der Waals surface area contributed by atoms with Crippen molar-refractivity contribution < 1.29 is 17.9 Å². The summed E-state index contributed by atoms with van der Waals surface area (Å²) >= 11 is 0. The van der Waals surface area contributed by atoms with Crippen molar-refractivity contribution in [3.8, 4) is 5.75 Å². The number of likely N-dealkylation sites (tertiary alicyclic amines) is 1. The van der Waals surface area contributed by atoms with E-state index >= 15 is 0 Å². The minimum Gasteiger partial charge on any atom is -0.493 e. The van der Waals surface area contributed by atoms with Crippen LogP contribution < -0.4 is 15.2 Å². The molecule has 8 heteroatoms. The number of urea groups is 1. The first-order valence-electron chi connectivity index (χ1n) is 8.24. The van der Waals surface area contributed by atoms with Crippen LogP contribution in [0.3, 0.4) is 0 Å². The maximum absolute atomic E-state index is 12.5. The SMILES string of the molecule is NS(=O)(=O)C1CCN(C(=O)NC2CCCOc3ccccc32)CC1. The van der Waals surface area contributed by atoms with Crippen LogP contribution in [0, 0.1) is 0 Å². The maximum Gasteiger partial charge on any atom is 0.317 e. The van der Waals surface area contributed by atoms with E-state index in [1.165, 1.54) is 0 Å². The summed E-state index contributed by atoms with van der Waals surface area (Å²) in [4.78, 5) is 14.2. The highest BCUT2D eigenvalue weighted by atomic mass is 32.2. The fourth-order valence-corrected chi connectivity index (χ4v) is 4.17. The van der Waals surface area contributed by atoms with Gasteiger partial charge in [0.15, 0.2) is 0 Å². The third kappa shape index (κ3) is 3.81. The largest absolute Gasteiger partial charge is 0.493 e. The molecule has 2 amide bonds. The number of carbonyl (C=O) groups excluding carboxylic acids is 1. The summed E-state index contributed by atoms with van der Waals surface area (Å²) in [7, 11) is -3.52. The number of nitrogens with two attached hydrogens (primary N) is 1. The molecule has 7 nitrogen and oxygen atoms in total. The zero-order valence-electron chi connectivity index (χ0n) is 13.5. The number of benzene rings is 1. The first kappa shape index (κ1) is 17.0. The van der Waals surface area contributed by atoms with E-state index in [9.17, 15) is 13.2 Å². The van der Waals surface area contributed by atoms with Crippen LogP contribution in [-0.2, 0) is 10.0 Å². The van der Waals surface area contributed by atoms with Gasteiger partial charge in [0.05, 0.1) is 17.9 Å². The number of rotatable bonds is 2. The van der Waals surface area contributed by atoms with Crippen LogP contribution >= 0.6 is 0 Å². The van der Waals surface area contributed by atoms with Gasteiger partial charge in [-0.25, -0.2) is 18.4 Å². The number of nitrogens with zero attached hydrogens (tertiary/aromatic N) is 1. The van der Waals surface area contributed by atoms with E-state index in [4.69, 9.17) is 9.88 Å². The second-order valence-corrected chi connectivity index (χ2v) is 8.15. The molecule has 2 heterocycles. The first-order chi connectivity index (χ1) is 11.4. The van der Waals surface area contributed by atoms with Gasteiger partial charge in [0, 0.05) is 18.7 Å². The monoisotopic (exact) mass is 353 g/mol. The average Bonchev–Trinajstić information content (AvgIpc) is 2.77. The molecule has 0 bridgehead atoms. The van der Waals surface area contributed by atoms with E-state index in [1.54, 1.807) is 4.90 Å². The maximum atomic E-state index is 12.5. The van der Waals surface area contributed by atoms with Gasteiger partial charge in [-0.1, -0.05) is 18.2 Å². The van der Waals surface area contributed by atoms with Crippen LogP contribution in [0.25, 0.3) is 0 Å². The van der Waals surface area contributed by atoms with Gasteiger partial charge in [-0.05, 0) is 31.7 Å². The molecule has 0 spiro atoms. The number of amides is 2. The Kier molecular flexibility index (Phi) is 4.96. The normalized spacial score (nSPS) is 22.2. The van der Waals surface area contributed by atoms with E-state index in [1.807, 2.05) is 24.3 Å². The summed E-state index contributed by atoms with van der Waals surface area (Å²) in [5.41, 5.74) is 0.989. The van der Waals surface area contributed by atoms with E-state index in [-0.39, 0.29) is 12.1 Å². The molecule has 2 aliphatic rings. The van der Waals surface area contributed by atoms with E-state index in [0.717, 1.165) is 24.2 Å². The molecule has 1 fully saturated rings. The van der Waals surface area contributed by atoms with Gasteiger partial charge in [0.2, 0.25) is 10.0 Å². The van der Waals surface area contributed by atoms with Gasteiger partial charge in [0.1, 0.15) is 5.75 Å². The highest BCUT2D eigenvalue weighted by Crippen LogP contribution is 2.31. The number of fused-ring (bicyclic) bond motifs is 1. The molecule has 1 aromatic carbocycles. The molecule has 1 atom stereocenters. The van der Waals surface area contributed by atoms with Crippen molar-refractivity contribution in [1.82, 2.24) is 10.2 Å². The smallest absolute Gasteiger partial charge is 0.317 e. The summed E-state index contributed by atoms with van der Waals surface area (Å²) in [6, 6.07) is 7.48. The molecular weight excluding hydrogens is 330 g/mol. The Morgan fingerprint density at radius 1 is 1.21 bits per heavy atom. The topological polar surface area (TPSA) is 102 Å². The second-order valence-electron chi connectivity index (χ2n) is 6.31. The number of hydrogen-bond donors (Lipinski definition) is 2. The van der Waals surface area contributed by atoms with Gasteiger partial charge in [-0.15, -0.1) is 0 Å². The van der Waals surface area contributed by atoms with Crippen molar-refractivity contribution >= 4 is 16.1 Å². The minimum atomic E-state index is -3.52.